The zero-order chi connectivity index (χ0) is 18.7. The summed E-state index contributed by atoms with van der Waals surface area (Å²) in [6.07, 6.45) is 1.58. The molecular formula is C19H23N3O4. The van der Waals surface area contributed by atoms with E-state index in [9.17, 15) is 0 Å². The summed E-state index contributed by atoms with van der Waals surface area (Å²) in [6.45, 7) is 4.60. The Morgan fingerprint density at radius 1 is 1.19 bits per heavy atom. The summed E-state index contributed by atoms with van der Waals surface area (Å²) in [5.74, 6) is 2.68. The van der Waals surface area contributed by atoms with Crippen LogP contribution in [0.15, 0.2) is 39.5 Å². The molecule has 138 valence electrons. The van der Waals surface area contributed by atoms with Gasteiger partial charge < -0.3 is 18.4 Å². The van der Waals surface area contributed by atoms with E-state index >= 15 is 0 Å². The summed E-state index contributed by atoms with van der Waals surface area (Å²) in [4.78, 5) is 6.81. The maximum atomic E-state index is 5.91. The monoisotopic (exact) mass is 357 g/mol. The molecule has 0 unspecified atom stereocenters. The summed E-state index contributed by atoms with van der Waals surface area (Å²) < 4.78 is 21.6. The van der Waals surface area contributed by atoms with E-state index in [1.807, 2.05) is 38.2 Å². The Kier molecular flexibility index (Phi) is 5.27. The van der Waals surface area contributed by atoms with Crippen molar-refractivity contribution >= 4 is 0 Å². The fraction of sp³-hybridized carbons (Fsp3) is 0.368. The Balaban J connectivity index is 1.85. The summed E-state index contributed by atoms with van der Waals surface area (Å²) in [5.41, 5.74) is 2.50. The number of oxazole rings is 1. The van der Waals surface area contributed by atoms with Crippen molar-refractivity contribution in [1.29, 1.82) is 0 Å². The highest BCUT2D eigenvalue weighted by atomic mass is 16.5. The van der Waals surface area contributed by atoms with Crippen LogP contribution in [0.25, 0.3) is 11.5 Å². The molecule has 3 aromatic rings. The van der Waals surface area contributed by atoms with Crippen LogP contribution in [0.4, 0.5) is 0 Å². The molecular weight excluding hydrogens is 334 g/mol. The number of rotatable bonds is 7. The molecule has 1 aromatic carbocycles. The van der Waals surface area contributed by atoms with Gasteiger partial charge in [-0.25, -0.2) is 4.98 Å². The summed E-state index contributed by atoms with van der Waals surface area (Å²) >= 11 is 0. The van der Waals surface area contributed by atoms with Crippen LogP contribution in [-0.2, 0) is 6.54 Å². The van der Waals surface area contributed by atoms with Crippen molar-refractivity contribution in [3.63, 3.8) is 0 Å². The number of nitrogens with zero attached hydrogens (tertiary/aromatic N) is 3. The first-order chi connectivity index (χ1) is 12.5. The van der Waals surface area contributed by atoms with E-state index in [4.69, 9.17) is 18.4 Å². The van der Waals surface area contributed by atoms with Gasteiger partial charge in [0.05, 0.1) is 31.5 Å². The quantitative estimate of drug-likeness (QED) is 0.636. The molecule has 0 N–H and O–H groups in total. The van der Waals surface area contributed by atoms with Crippen molar-refractivity contribution in [3.8, 4) is 23.0 Å². The summed E-state index contributed by atoms with van der Waals surface area (Å²) in [7, 11) is 5.26. The minimum absolute atomic E-state index is 0.0969. The lowest BCUT2D eigenvalue weighted by molar-refractivity contribution is 0.237. The number of aromatic nitrogens is 2. The SMILES string of the molecule is COc1ccc(OC)c(-c2nc(CN(C)[C@H](C)c3ccon3)c(C)o2)c1. The fourth-order valence-corrected chi connectivity index (χ4v) is 2.71. The van der Waals surface area contributed by atoms with E-state index in [0.29, 0.717) is 18.2 Å². The standard InChI is InChI=1S/C19H23N3O4/c1-12(16-8-9-25-21-16)22(3)11-17-13(2)26-19(20-17)15-10-14(23-4)6-7-18(15)24-5/h6-10,12H,11H2,1-5H3/t12-/m1/s1. The van der Waals surface area contributed by atoms with Crippen LogP contribution in [0, 0.1) is 6.92 Å². The van der Waals surface area contributed by atoms with Crippen LogP contribution in [0.3, 0.4) is 0 Å². The molecule has 0 spiro atoms. The third-order valence-corrected chi connectivity index (χ3v) is 4.48. The highest BCUT2D eigenvalue weighted by Gasteiger charge is 2.20. The second kappa shape index (κ2) is 7.61. The molecule has 26 heavy (non-hydrogen) atoms. The number of hydrogen-bond acceptors (Lipinski definition) is 7. The number of ether oxygens (including phenoxy) is 2. The molecule has 3 rings (SSSR count). The molecule has 0 bridgehead atoms. The maximum Gasteiger partial charge on any atom is 0.230 e. The average molecular weight is 357 g/mol. The van der Waals surface area contributed by atoms with E-state index in [1.165, 1.54) is 0 Å². The zero-order valence-electron chi connectivity index (χ0n) is 15.6. The van der Waals surface area contributed by atoms with Gasteiger partial charge >= 0.3 is 0 Å². The third kappa shape index (κ3) is 3.57. The third-order valence-electron chi connectivity index (χ3n) is 4.48. The molecule has 0 saturated carbocycles. The van der Waals surface area contributed by atoms with Crippen LogP contribution < -0.4 is 9.47 Å². The van der Waals surface area contributed by atoms with Crippen LogP contribution in [0.5, 0.6) is 11.5 Å². The minimum Gasteiger partial charge on any atom is -0.497 e. The molecule has 0 amide bonds. The van der Waals surface area contributed by atoms with Crippen molar-refractivity contribution in [2.45, 2.75) is 26.4 Å². The van der Waals surface area contributed by atoms with Crippen LogP contribution in [0.1, 0.15) is 30.1 Å². The van der Waals surface area contributed by atoms with E-state index in [1.54, 1.807) is 20.5 Å². The van der Waals surface area contributed by atoms with Crippen LogP contribution in [0.2, 0.25) is 0 Å². The molecule has 0 aliphatic heterocycles. The number of methoxy groups -OCH3 is 2. The number of aryl methyl sites for hydroxylation is 1. The molecule has 7 nitrogen and oxygen atoms in total. The van der Waals surface area contributed by atoms with Crippen molar-refractivity contribution in [2.24, 2.45) is 0 Å². The topological polar surface area (TPSA) is 73.8 Å². The molecule has 0 aliphatic rings. The van der Waals surface area contributed by atoms with Gasteiger partial charge in [0.15, 0.2) is 0 Å². The van der Waals surface area contributed by atoms with Gasteiger partial charge in [-0.2, -0.15) is 0 Å². The van der Waals surface area contributed by atoms with Gasteiger partial charge in [-0.15, -0.1) is 0 Å². The first kappa shape index (κ1) is 18.0. The van der Waals surface area contributed by atoms with E-state index < -0.39 is 0 Å². The molecule has 0 fully saturated rings. The molecule has 0 aliphatic carbocycles. The van der Waals surface area contributed by atoms with Gasteiger partial charge in [0, 0.05) is 12.6 Å². The van der Waals surface area contributed by atoms with Crippen molar-refractivity contribution in [3.05, 3.63) is 47.7 Å². The maximum absolute atomic E-state index is 5.91. The van der Waals surface area contributed by atoms with Crippen molar-refractivity contribution in [1.82, 2.24) is 15.0 Å². The van der Waals surface area contributed by atoms with Gasteiger partial charge in [0.2, 0.25) is 5.89 Å². The van der Waals surface area contributed by atoms with Crippen LogP contribution >= 0.6 is 0 Å². The Morgan fingerprint density at radius 3 is 2.65 bits per heavy atom. The van der Waals surface area contributed by atoms with Crippen LogP contribution in [-0.4, -0.2) is 36.3 Å². The molecule has 0 radical (unpaired) electrons. The number of hydrogen-bond donors (Lipinski definition) is 0. The Morgan fingerprint density at radius 2 is 2.00 bits per heavy atom. The van der Waals surface area contributed by atoms with Crippen molar-refractivity contribution < 1.29 is 18.4 Å². The first-order valence-electron chi connectivity index (χ1n) is 8.32. The summed E-state index contributed by atoms with van der Waals surface area (Å²) in [6, 6.07) is 7.50. The largest absolute Gasteiger partial charge is 0.497 e. The van der Waals surface area contributed by atoms with Gasteiger partial charge in [-0.1, -0.05) is 5.16 Å². The molecule has 2 aromatic heterocycles. The Bertz CT molecular complexity index is 858. The Hall–Kier alpha value is -2.80. The highest BCUT2D eigenvalue weighted by Crippen LogP contribution is 2.34. The second-order valence-corrected chi connectivity index (χ2v) is 6.10. The average Bonchev–Trinajstić information content (AvgIpc) is 3.31. The zero-order valence-corrected chi connectivity index (χ0v) is 15.6. The molecule has 2 heterocycles. The fourth-order valence-electron chi connectivity index (χ4n) is 2.71. The lowest BCUT2D eigenvalue weighted by Crippen LogP contribution is -2.22. The second-order valence-electron chi connectivity index (χ2n) is 6.10. The van der Waals surface area contributed by atoms with Crippen molar-refractivity contribution in [2.75, 3.05) is 21.3 Å². The predicted molar refractivity (Wildman–Crippen MR) is 96.2 cm³/mol. The smallest absolute Gasteiger partial charge is 0.230 e. The number of benzene rings is 1. The molecule has 1 atom stereocenters. The van der Waals surface area contributed by atoms with Gasteiger partial charge in [0.25, 0.3) is 0 Å². The first-order valence-corrected chi connectivity index (χ1v) is 8.32. The van der Waals surface area contributed by atoms with Gasteiger partial charge in [-0.05, 0) is 39.1 Å². The van der Waals surface area contributed by atoms with E-state index in [0.717, 1.165) is 28.5 Å². The van der Waals surface area contributed by atoms with Gasteiger partial charge in [0.1, 0.15) is 29.2 Å². The normalized spacial score (nSPS) is 12.4. The predicted octanol–water partition coefficient (Wildman–Crippen LogP) is 3.85. The minimum atomic E-state index is 0.0969. The lowest BCUT2D eigenvalue weighted by atomic mass is 10.2. The lowest BCUT2D eigenvalue weighted by Gasteiger charge is -2.21. The molecule has 0 saturated heterocycles. The highest BCUT2D eigenvalue weighted by molar-refractivity contribution is 5.65. The summed E-state index contributed by atoms with van der Waals surface area (Å²) in [5, 5.41) is 4.00. The Labute approximate surface area is 152 Å². The molecule has 7 heteroatoms. The van der Waals surface area contributed by atoms with E-state index in [-0.39, 0.29) is 6.04 Å². The van der Waals surface area contributed by atoms with E-state index in [2.05, 4.69) is 22.0 Å². The van der Waals surface area contributed by atoms with Gasteiger partial charge in [-0.3, -0.25) is 4.90 Å².